The molecule has 0 aliphatic heterocycles. The van der Waals surface area contributed by atoms with Gasteiger partial charge in [-0.05, 0) is 45.1 Å². The number of hydrogen-bond donors (Lipinski definition) is 2. The van der Waals surface area contributed by atoms with E-state index in [4.69, 9.17) is 4.74 Å². The van der Waals surface area contributed by atoms with E-state index in [1.807, 2.05) is 0 Å². The molecule has 0 unspecified atom stereocenters. The molecular weight excluding hydrogens is 432 g/mol. The number of aromatic nitrogens is 2. The number of amides is 2. The fourth-order valence-electron chi connectivity index (χ4n) is 2.95. The maximum Gasteiger partial charge on any atom is 0.341 e. The van der Waals surface area contributed by atoms with Crippen LogP contribution >= 0.6 is 34.4 Å². The van der Waals surface area contributed by atoms with Crippen molar-refractivity contribution in [3.05, 3.63) is 16.0 Å². The molecule has 0 spiro atoms. The normalized spacial score (nSPS) is 14.0. The Hall–Kier alpha value is -1.98. The Morgan fingerprint density at radius 1 is 1.17 bits per heavy atom. The number of nitrogens with one attached hydrogen (secondary N) is 2. The van der Waals surface area contributed by atoms with Gasteiger partial charge >= 0.3 is 5.97 Å². The van der Waals surface area contributed by atoms with E-state index in [0.29, 0.717) is 20.0 Å². The average Bonchev–Trinajstić information content (AvgIpc) is 3.24. The number of carbonyl (C=O) groups excluding carboxylic acids is 3. The Labute approximate surface area is 180 Å². The molecule has 0 aromatic carbocycles. The molecule has 3 rings (SSSR count). The summed E-state index contributed by atoms with van der Waals surface area (Å²) in [5, 5.41) is 13.8. The highest BCUT2D eigenvalue weighted by Gasteiger charge is 2.28. The van der Waals surface area contributed by atoms with E-state index in [-0.39, 0.29) is 24.4 Å². The first-order valence-corrected chi connectivity index (χ1v) is 11.8. The Bertz CT molecular complexity index is 924. The van der Waals surface area contributed by atoms with Gasteiger partial charge in [-0.2, -0.15) is 0 Å². The van der Waals surface area contributed by atoms with E-state index in [1.54, 1.807) is 13.8 Å². The molecule has 0 bridgehead atoms. The van der Waals surface area contributed by atoms with Crippen molar-refractivity contribution in [2.75, 3.05) is 17.2 Å². The van der Waals surface area contributed by atoms with Gasteiger partial charge in [-0.3, -0.25) is 9.59 Å². The van der Waals surface area contributed by atoms with Crippen molar-refractivity contribution in [2.24, 2.45) is 0 Å². The van der Waals surface area contributed by atoms with E-state index in [0.717, 1.165) is 36.1 Å². The minimum absolute atomic E-state index is 0.225. The van der Waals surface area contributed by atoms with Crippen LogP contribution in [0.1, 0.15) is 54.4 Å². The second-order valence-electron chi connectivity index (χ2n) is 6.44. The summed E-state index contributed by atoms with van der Waals surface area (Å²) >= 11 is 3.92. The molecule has 1 aliphatic rings. The number of hydrogen-bond acceptors (Lipinski definition) is 9. The van der Waals surface area contributed by atoms with Crippen molar-refractivity contribution in [1.29, 1.82) is 0 Å². The topological polar surface area (TPSA) is 110 Å². The number of ether oxygens (including phenoxy) is 1. The summed E-state index contributed by atoms with van der Waals surface area (Å²) < 4.78 is 5.80. The van der Waals surface area contributed by atoms with Crippen LogP contribution in [-0.4, -0.2) is 39.8 Å². The molecule has 2 amide bonds. The van der Waals surface area contributed by atoms with Crippen LogP contribution in [0.15, 0.2) is 4.34 Å². The molecule has 0 radical (unpaired) electrons. The fourth-order valence-corrected chi connectivity index (χ4v) is 6.17. The number of anilines is 2. The molecule has 156 valence electrons. The zero-order chi connectivity index (χ0) is 21.0. The highest BCUT2D eigenvalue weighted by Crippen LogP contribution is 2.39. The van der Waals surface area contributed by atoms with E-state index in [1.165, 1.54) is 41.4 Å². The molecule has 1 atom stereocenters. The van der Waals surface area contributed by atoms with Crippen molar-refractivity contribution < 1.29 is 19.1 Å². The van der Waals surface area contributed by atoms with E-state index >= 15 is 0 Å². The predicted molar refractivity (Wildman–Crippen MR) is 115 cm³/mol. The van der Waals surface area contributed by atoms with Crippen molar-refractivity contribution >= 4 is 62.4 Å². The first kappa shape index (κ1) is 21.7. The van der Waals surface area contributed by atoms with Crippen LogP contribution in [0.5, 0.6) is 0 Å². The standard InChI is InChI=1S/C18H22N4O4S3/c1-4-26-16(25)13-11-7-5-6-8-12(11)28-15(13)20-14(24)9(2)27-18-22-21-17(29-18)19-10(3)23/h9H,4-8H2,1-3H3,(H,20,24)(H,19,21,23)/t9-/m1/s1. The molecule has 1 aliphatic carbocycles. The Morgan fingerprint density at radius 2 is 1.93 bits per heavy atom. The molecule has 8 nitrogen and oxygen atoms in total. The number of esters is 1. The van der Waals surface area contributed by atoms with Gasteiger partial charge in [-0.25, -0.2) is 4.79 Å². The van der Waals surface area contributed by atoms with Gasteiger partial charge in [0.25, 0.3) is 0 Å². The molecule has 11 heteroatoms. The third kappa shape index (κ3) is 5.34. The van der Waals surface area contributed by atoms with Gasteiger partial charge in [0.05, 0.1) is 17.4 Å². The number of rotatable bonds is 7. The van der Waals surface area contributed by atoms with Gasteiger partial charge < -0.3 is 15.4 Å². The number of nitrogens with zero attached hydrogens (tertiary/aromatic N) is 2. The molecule has 0 saturated carbocycles. The fraction of sp³-hybridized carbons (Fsp3) is 0.500. The lowest BCUT2D eigenvalue weighted by Gasteiger charge is -2.13. The lowest BCUT2D eigenvalue weighted by Crippen LogP contribution is -2.23. The Balaban J connectivity index is 1.72. The SMILES string of the molecule is CCOC(=O)c1c(NC(=O)[C@@H](C)Sc2nnc(NC(C)=O)s2)sc2c1CCCC2. The third-order valence-corrected chi connectivity index (χ3v) is 7.45. The number of thiophene rings is 1. The number of carbonyl (C=O) groups is 3. The van der Waals surface area contributed by atoms with Crippen molar-refractivity contribution in [1.82, 2.24) is 10.2 Å². The maximum absolute atomic E-state index is 12.8. The molecule has 2 heterocycles. The summed E-state index contributed by atoms with van der Waals surface area (Å²) in [6, 6.07) is 0. The summed E-state index contributed by atoms with van der Waals surface area (Å²) in [6.45, 7) is 5.21. The smallest absolute Gasteiger partial charge is 0.341 e. The minimum atomic E-state index is -0.456. The highest BCUT2D eigenvalue weighted by molar-refractivity contribution is 8.02. The van der Waals surface area contributed by atoms with Crippen LogP contribution in [0.2, 0.25) is 0 Å². The van der Waals surface area contributed by atoms with Crippen LogP contribution in [-0.2, 0) is 27.2 Å². The lowest BCUT2D eigenvalue weighted by atomic mass is 9.95. The predicted octanol–water partition coefficient (Wildman–Crippen LogP) is 3.73. The third-order valence-electron chi connectivity index (χ3n) is 4.22. The van der Waals surface area contributed by atoms with Crippen molar-refractivity contribution in [3.8, 4) is 0 Å². The summed E-state index contributed by atoms with van der Waals surface area (Å²) in [7, 11) is 0. The largest absolute Gasteiger partial charge is 0.462 e. The monoisotopic (exact) mass is 454 g/mol. The average molecular weight is 455 g/mol. The zero-order valence-corrected chi connectivity index (χ0v) is 18.8. The van der Waals surface area contributed by atoms with Gasteiger partial charge in [-0.1, -0.05) is 23.1 Å². The van der Waals surface area contributed by atoms with Crippen LogP contribution in [0.3, 0.4) is 0 Å². The first-order chi connectivity index (χ1) is 13.9. The molecule has 2 N–H and O–H groups in total. The molecular formula is C18H22N4O4S3. The maximum atomic E-state index is 12.8. The number of thioether (sulfide) groups is 1. The summed E-state index contributed by atoms with van der Waals surface area (Å²) in [5.41, 5.74) is 1.51. The van der Waals surface area contributed by atoms with Gasteiger partial charge in [0.1, 0.15) is 5.00 Å². The second-order valence-corrected chi connectivity index (χ2v) is 10.1. The molecule has 2 aromatic rings. The minimum Gasteiger partial charge on any atom is -0.462 e. The molecule has 29 heavy (non-hydrogen) atoms. The van der Waals surface area contributed by atoms with Crippen LogP contribution in [0.4, 0.5) is 10.1 Å². The van der Waals surface area contributed by atoms with Crippen molar-refractivity contribution in [2.45, 2.75) is 56.0 Å². The first-order valence-electron chi connectivity index (χ1n) is 9.29. The van der Waals surface area contributed by atoms with Gasteiger partial charge in [0.15, 0.2) is 4.34 Å². The van der Waals surface area contributed by atoms with Gasteiger partial charge in [0.2, 0.25) is 16.9 Å². The summed E-state index contributed by atoms with van der Waals surface area (Å²) in [5.74, 6) is -0.835. The van der Waals surface area contributed by atoms with Crippen LogP contribution in [0, 0.1) is 0 Å². The summed E-state index contributed by atoms with van der Waals surface area (Å²) in [6.07, 6.45) is 3.87. The number of aryl methyl sites for hydroxylation is 1. The van der Waals surface area contributed by atoms with Crippen LogP contribution in [0.25, 0.3) is 0 Å². The second kappa shape index (κ2) is 9.68. The lowest BCUT2D eigenvalue weighted by molar-refractivity contribution is -0.115. The van der Waals surface area contributed by atoms with Crippen molar-refractivity contribution in [3.63, 3.8) is 0 Å². The Morgan fingerprint density at radius 3 is 2.66 bits per heavy atom. The molecule has 2 aromatic heterocycles. The van der Waals surface area contributed by atoms with E-state index in [2.05, 4.69) is 20.8 Å². The quantitative estimate of drug-likeness (QED) is 0.372. The molecule has 0 saturated heterocycles. The molecule has 0 fully saturated rings. The van der Waals surface area contributed by atoms with Gasteiger partial charge in [0, 0.05) is 11.8 Å². The van der Waals surface area contributed by atoms with E-state index in [9.17, 15) is 14.4 Å². The zero-order valence-electron chi connectivity index (χ0n) is 16.4. The van der Waals surface area contributed by atoms with E-state index < -0.39 is 5.25 Å². The van der Waals surface area contributed by atoms with Gasteiger partial charge in [-0.15, -0.1) is 21.5 Å². The summed E-state index contributed by atoms with van der Waals surface area (Å²) in [4.78, 5) is 37.5. The number of fused-ring (bicyclic) bond motifs is 1. The van der Waals surface area contributed by atoms with Crippen LogP contribution < -0.4 is 10.6 Å². The Kier molecular flexibility index (Phi) is 7.25. The highest BCUT2D eigenvalue weighted by atomic mass is 32.2.